The van der Waals surface area contributed by atoms with Crippen molar-refractivity contribution in [2.75, 3.05) is 64.6 Å². The Morgan fingerprint density at radius 2 is 1.73 bits per heavy atom. The molecule has 8 N–H and O–H groups in total. The molecular weight excluding hydrogens is 484 g/mol. The summed E-state index contributed by atoms with van der Waals surface area (Å²) < 4.78 is 7.08. The van der Waals surface area contributed by atoms with Crippen LogP contribution in [0.4, 0.5) is 5.82 Å². The molecule has 4 atom stereocenters. The number of carbonyl (C=O) groups excluding carboxylic acids is 2. The van der Waals surface area contributed by atoms with Crippen LogP contribution in [0.15, 0.2) is 12.7 Å². The van der Waals surface area contributed by atoms with E-state index in [-0.39, 0.29) is 18.3 Å². The average molecular weight is 521 g/mol. The van der Waals surface area contributed by atoms with E-state index in [4.69, 9.17) is 10.5 Å². The fourth-order valence-electron chi connectivity index (χ4n) is 4.40. The minimum atomic E-state index is -1.52. The van der Waals surface area contributed by atoms with Crippen molar-refractivity contribution in [1.29, 1.82) is 0 Å². The first-order valence-electron chi connectivity index (χ1n) is 12.6. The lowest BCUT2D eigenvalue weighted by Crippen LogP contribution is -2.48. The third-order valence-corrected chi connectivity index (χ3v) is 6.45. The maximum Gasteiger partial charge on any atom is 0.252 e. The molecule has 2 aliphatic rings. The van der Waals surface area contributed by atoms with Crippen LogP contribution in [0.5, 0.6) is 0 Å². The number of carbonyl (C=O) groups is 2. The van der Waals surface area contributed by atoms with Gasteiger partial charge in [-0.3, -0.25) is 14.2 Å². The number of hydrogen-bond acceptors (Lipinski definition) is 12. The molecule has 0 aromatic carbocycles. The second kappa shape index (κ2) is 13.0. The molecular formula is C22H36N10O5. The number of nitrogens with zero attached hydrogens (tertiary/aromatic N) is 5. The SMILES string of the molecule is Nc1ncnc2c1ncn2[C@@H]1O[C@H](C(=O)NCC(=O)N2CCCNCCNCCCNCC2)[C@@H](O)[C@H]1O. The number of aliphatic hydroxyl groups excluding tert-OH is 2. The van der Waals surface area contributed by atoms with Crippen LogP contribution in [0.25, 0.3) is 11.2 Å². The molecule has 15 nitrogen and oxygen atoms in total. The highest BCUT2D eigenvalue weighted by Gasteiger charge is 2.47. The summed E-state index contributed by atoms with van der Waals surface area (Å²) in [5.74, 6) is -0.781. The first-order valence-corrected chi connectivity index (χ1v) is 12.6. The van der Waals surface area contributed by atoms with E-state index >= 15 is 0 Å². The molecule has 0 bridgehead atoms. The molecule has 2 aromatic rings. The zero-order valence-corrected chi connectivity index (χ0v) is 20.7. The number of hydrogen-bond donors (Lipinski definition) is 7. The summed E-state index contributed by atoms with van der Waals surface area (Å²) in [7, 11) is 0. The molecule has 4 heterocycles. The van der Waals surface area contributed by atoms with Gasteiger partial charge in [-0.1, -0.05) is 0 Å². The minimum Gasteiger partial charge on any atom is -0.387 e. The zero-order chi connectivity index (χ0) is 26.2. The van der Waals surface area contributed by atoms with E-state index in [1.165, 1.54) is 17.2 Å². The first-order chi connectivity index (χ1) is 18.0. The van der Waals surface area contributed by atoms with Crippen LogP contribution in [0.1, 0.15) is 19.1 Å². The van der Waals surface area contributed by atoms with Gasteiger partial charge in [0.05, 0.1) is 12.9 Å². The molecule has 204 valence electrons. The van der Waals surface area contributed by atoms with Crippen molar-refractivity contribution in [2.45, 2.75) is 37.4 Å². The normalized spacial score (nSPS) is 26.6. The van der Waals surface area contributed by atoms with Gasteiger partial charge in [-0.05, 0) is 32.5 Å². The fraction of sp³-hybridized carbons (Fsp3) is 0.682. The van der Waals surface area contributed by atoms with Crippen molar-refractivity contribution in [3.8, 4) is 0 Å². The first kappa shape index (κ1) is 27.1. The summed E-state index contributed by atoms with van der Waals surface area (Å²) in [6.45, 7) is 5.81. The standard InChI is InChI=1S/C22H36N10O5/c23-19-15-20(29-12-28-19)32(13-30-15)22-17(35)16(34)18(37-22)21(36)27-11-14(33)31-9-2-5-25-7-6-24-3-1-4-26-8-10-31/h12-13,16-18,22,24-26,34-35H,1-11H2,(H,27,36)(H2,23,28,29)/t16-,17+,18-,22+/m0/s1. The maximum absolute atomic E-state index is 12.9. The van der Waals surface area contributed by atoms with Crippen LogP contribution in [0.2, 0.25) is 0 Å². The van der Waals surface area contributed by atoms with E-state index in [9.17, 15) is 19.8 Å². The van der Waals surface area contributed by atoms with Gasteiger partial charge in [0.15, 0.2) is 23.8 Å². The number of amides is 2. The van der Waals surface area contributed by atoms with Crippen LogP contribution in [0, 0.1) is 0 Å². The number of ether oxygens (including phenoxy) is 1. The van der Waals surface area contributed by atoms with Crippen molar-refractivity contribution < 1.29 is 24.5 Å². The summed E-state index contributed by atoms with van der Waals surface area (Å²) in [4.78, 5) is 39.5. The van der Waals surface area contributed by atoms with Crippen molar-refractivity contribution in [2.24, 2.45) is 0 Å². The number of aromatic nitrogens is 4. The highest BCUT2D eigenvalue weighted by molar-refractivity contribution is 5.87. The summed E-state index contributed by atoms with van der Waals surface area (Å²) in [6.07, 6.45) is -1.09. The molecule has 0 radical (unpaired) electrons. The Kier molecular flexibility index (Phi) is 9.54. The lowest BCUT2D eigenvalue weighted by molar-refractivity contribution is -0.140. The third-order valence-electron chi connectivity index (χ3n) is 6.45. The number of nitrogens with two attached hydrogens (primary N) is 1. The lowest BCUT2D eigenvalue weighted by Gasteiger charge is -2.24. The van der Waals surface area contributed by atoms with E-state index in [1.807, 2.05) is 0 Å². The van der Waals surface area contributed by atoms with Crippen LogP contribution in [-0.4, -0.2) is 124 Å². The van der Waals surface area contributed by atoms with Crippen LogP contribution < -0.4 is 27.0 Å². The second-order valence-corrected chi connectivity index (χ2v) is 9.07. The van der Waals surface area contributed by atoms with Crippen LogP contribution >= 0.6 is 0 Å². The smallest absolute Gasteiger partial charge is 0.252 e. The second-order valence-electron chi connectivity index (χ2n) is 9.07. The maximum atomic E-state index is 12.9. The van der Waals surface area contributed by atoms with Gasteiger partial charge >= 0.3 is 0 Å². The van der Waals surface area contributed by atoms with Crippen LogP contribution in [0.3, 0.4) is 0 Å². The summed E-state index contributed by atoms with van der Waals surface area (Å²) >= 11 is 0. The van der Waals surface area contributed by atoms with Gasteiger partial charge in [0, 0.05) is 32.7 Å². The number of fused-ring (bicyclic) bond motifs is 1. The molecule has 0 spiro atoms. The monoisotopic (exact) mass is 520 g/mol. The van der Waals surface area contributed by atoms with Gasteiger partial charge in [-0.2, -0.15) is 0 Å². The fourth-order valence-corrected chi connectivity index (χ4v) is 4.40. The number of aliphatic hydroxyl groups is 2. The number of nitrogen functional groups attached to an aromatic ring is 1. The molecule has 2 aliphatic heterocycles. The zero-order valence-electron chi connectivity index (χ0n) is 20.7. The van der Waals surface area contributed by atoms with Crippen molar-refractivity contribution >= 4 is 28.8 Å². The molecule has 2 aromatic heterocycles. The van der Waals surface area contributed by atoms with Gasteiger partial charge in [0.1, 0.15) is 24.1 Å². The van der Waals surface area contributed by atoms with Crippen molar-refractivity contribution in [1.82, 2.24) is 45.7 Å². The van der Waals surface area contributed by atoms with Gasteiger partial charge in [0.2, 0.25) is 5.91 Å². The Hall–Kier alpha value is -2.95. The number of rotatable bonds is 4. The van der Waals surface area contributed by atoms with Crippen molar-refractivity contribution in [3.05, 3.63) is 12.7 Å². The van der Waals surface area contributed by atoms with E-state index in [0.29, 0.717) is 30.8 Å². The highest BCUT2D eigenvalue weighted by atomic mass is 16.6. The predicted molar refractivity (Wildman–Crippen MR) is 133 cm³/mol. The molecule has 2 saturated heterocycles. The average Bonchev–Trinajstić information content (AvgIpc) is 3.45. The van der Waals surface area contributed by atoms with E-state index in [0.717, 1.165) is 45.6 Å². The quantitative estimate of drug-likeness (QED) is 0.210. The molecule has 0 unspecified atom stereocenters. The van der Waals surface area contributed by atoms with Gasteiger partial charge < -0.3 is 46.9 Å². The topological polar surface area (TPSA) is 205 Å². The number of anilines is 1. The Bertz CT molecular complexity index is 1040. The van der Waals surface area contributed by atoms with E-state index < -0.39 is 30.4 Å². The predicted octanol–water partition coefficient (Wildman–Crippen LogP) is -3.46. The Morgan fingerprint density at radius 1 is 1.00 bits per heavy atom. The molecule has 0 aliphatic carbocycles. The molecule has 37 heavy (non-hydrogen) atoms. The minimum absolute atomic E-state index is 0.153. The summed E-state index contributed by atoms with van der Waals surface area (Å²) in [5.41, 5.74) is 6.41. The Labute approximate surface area is 214 Å². The van der Waals surface area contributed by atoms with Gasteiger partial charge in [0.25, 0.3) is 5.91 Å². The molecule has 15 heteroatoms. The van der Waals surface area contributed by atoms with Crippen molar-refractivity contribution in [3.63, 3.8) is 0 Å². The van der Waals surface area contributed by atoms with E-state index in [1.54, 1.807) is 4.90 Å². The summed E-state index contributed by atoms with van der Waals surface area (Å²) in [6, 6.07) is 0. The molecule has 2 fully saturated rings. The molecule has 2 amide bonds. The number of imidazole rings is 1. The Balaban J connectivity index is 1.32. The summed E-state index contributed by atoms with van der Waals surface area (Å²) in [5, 5.41) is 33.7. The largest absolute Gasteiger partial charge is 0.387 e. The lowest BCUT2D eigenvalue weighted by atomic mass is 10.1. The third kappa shape index (κ3) is 6.68. The highest BCUT2D eigenvalue weighted by Crippen LogP contribution is 2.32. The number of nitrogens with one attached hydrogen (secondary N) is 4. The van der Waals surface area contributed by atoms with E-state index in [2.05, 4.69) is 36.2 Å². The van der Waals surface area contributed by atoms with Crippen LogP contribution in [-0.2, 0) is 14.3 Å². The Morgan fingerprint density at radius 3 is 2.51 bits per heavy atom. The molecule has 4 rings (SSSR count). The van der Waals surface area contributed by atoms with Gasteiger partial charge in [-0.15, -0.1) is 0 Å². The van der Waals surface area contributed by atoms with Gasteiger partial charge in [-0.25, -0.2) is 15.0 Å². The molecule has 0 saturated carbocycles.